The zero-order chi connectivity index (χ0) is 19.0. The summed E-state index contributed by atoms with van der Waals surface area (Å²) in [5.74, 6) is -0.235. The quantitative estimate of drug-likeness (QED) is 0.852. The minimum atomic E-state index is -0.682. The van der Waals surface area contributed by atoms with Crippen molar-refractivity contribution in [3.8, 4) is 0 Å². The normalized spacial score (nSPS) is 21.2. The van der Waals surface area contributed by atoms with Crippen LogP contribution in [0.5, 0.6) is 0 Å². The van der Waals surface area contributed by atoms with Gasteiger partial charge in [0, 0.05) is 19.4 Å². The lowest BCUT2D eigenvalue weighted by molar-refractivity contribution is -0.118. The summed E-state index contributed by atoms with van der Waals surface area (Å²) < 4.78 is 0. The monoisotopic (exact) mass is 385 g/mol. The van der Waals surface area contributed by atoms with E-state index in [0.717, 1.165) is 0 Å². The van der Waals surface area contributed by atoms with Gasteiger partial charge in [-0.25, -0.2) is 0 Å². The van der Waals surface area contributed by atoms with Crippen LogP contribution in [-0.2, 0) is 9.59 Å². The van der Waals surface area contributed by atoms with Crippen LogP contribution >= 0.6 is 11.3 Å². The van der Waals surface area contributed by atoms with E-state index in [9.17, 15) is 14.4 Å². The van der Waals surface area contributed by atoms with Gasteiger partial charge in [-0.3, -0.25) is 19.3 Å². The summed E-state index contributed by atoms with van der Waals surface area (Å²) in [7, 11) is 0. The Kier molecular flexibility index (Phi) is 4.39. The molecule has 1 saturated heterocycles. The van der Waals surface area contributed by atoms with E-state index >= 15 is 0 Å². The van der Waals surface area contributed by atoms with Gasteiger partial charge in [-0.1, -0.05) is 23.5 Å². The predicted octanol–water partition coefficient (Wildman–Crippen LogP) is 2.26. The van der Waals surface area contributed by atoms with E-state index in [1.54, 1.807) is 27.4 Å². The first kappa shape index (κ1) is 17.6. The van der Waals surface area contributed by atoms with E-state index < -0.39 is 5.66 Å². The van der Waals surface area contributed by atoms with Gasteiger partial charge in [0.15, 0.2) is 0 Å². The van der Waals surface area contributed by atoms with Crippen LogP contribution in [0.15, 0.2) is 29.8 Å². The molecular weight excluding hydrogens is 366 g/mol. The van der Waals surface area contributed by atoms with Crippen molar-refractivity contribution >= 4 is 39.9 Å². The maximum absolute atomic E-state index is 13.1. The van der Waals surface area contributed by atoms with Crippen LogP contribution in [0, 0.1) is 0 Å². The third kappa shape index (κ3) is 2.97. The van der Waals surface area contributed by atoms with E-state index in [-0.39, 0.29) is 24.1 Å². The highest BCUT2D eigenvalue weighted by atomic mass is 32.1. The highest BCUT2D eigenvalue weighted by Gasteiger charge is 2.52. The molecule has 0 saturated carbocycles. The molecule has 1 atom stereocenters. The molecule has 0 radical (unpaired) electrons. The van der Waals surface area contributed by atoms with Gasteiger partial charge in [0.25, 0.3) is 5.91 Å². The average molecular weight is 385 g/mol. The number of benzene rings is 1. The number of carbonyl (C=O) groups excluding carboxylic acids is 3. The van der Waals surface area contributed by atoms with Crippen molar-refractivity contribution in [1.29, 1.82) is 0 Å². The van der Waals surface area contributed by atoms with E-state index in [1.165, 1.54) is 11.3 Å². The second kappa shape index (κ2) is 6.73. The van der Waals surface area contributed by atoms with Crippen LogP contribution in [0.2, 0.25) is 0 Å². The number of anilines is 2. The number of aromatic nitrogens is 2. The van der Waals surface area contributed by atoms with Crippen LogP contribution in [0.1, 0.15) is 43.0 Å². The molecule has 2 aliphatic rings. The summed E-state index contributed by atoms with van der Waals surface area (Å²) in [6.07, 6.45) is 1.75. The third-order valence-electron chi connectivity index (χ3n) is 5.14. The van der Waals surface area contributed by atoms with E-state index in [0.29, 0.717) is 42.2 Å². The lowest BCUT2D eigenvalue weighted by Crippen LogP contribution is -2.62. The molecule has 9 heteroatoms. The summed E-state index contributed by atoms with van der Waals surface area (Å²) in [5, 5.41) is 10.6. The third-order valence-corrected chi connectivity index (χ3v) is 5.74. The molecule has 3 amide bonds. The molecule has 3 heterocycles. The lowest BCUT2D eigenvalue weighted by Gasteiger charge is -2.48. The first-order chi connectivity index (χ1) is 13.0. The van der Waals surface area contributed by atoms with Crippen LogP contribution in [0.4, 0.5) is 10.8 Å². The lowest BCUT2D eigenvalue weighted by atomic mass is 9.98. The van der Waals surface area contributed by atoms with Crippen LogP contribution in [0.3, 0.4) is 0 Å². The Hall–Kier alpha value is -2.81. The van der Waals surface area contributed by atoms with Gasteiger partial charge < -0.3 is 10.2 Å². The van der Waals surface area contributed by atoms with Crippen molar-refractivity contribution in [3.05, 3.63) is 35.3 Å². The highest BCUT2D eigenvalue weighted by Crippen LogP contribution is 2.43. The molecule has 0 aliphatic carbocycles. The molecular formula is C18H19N5O3S. The Balaban J connectivity index is 1.49. The molecule has 27 heavy (non-hydrogen) atoms. The number of para-hydroxylation sites is 1. The molecule has 1 unspecified atom stereocenters. The van der Waals surface area contributed by atoms with Crippen molar-refractivity contribution in [1.82, 2.24) is 15.1 Å². The number of amides is 3. The minimum absolute atomic E-state index is 0.0245. The van der Waals surface area contributed by atoms with E-state index in [2.05, 4.69) is 15.5 Å². The standard InChI is InChI=1S/C18H19N5O3S/c1-18-9-8-15(25)23(18)13-6-3-2-5-12(13)16(26)22(18)10-4-7-14(24)20-17-21-19-11-27-17/h2-3,5-6,11H,4,7-10H2,1H3,(H,20,21,24). The van der Waals surface area contributed by atoms with Crippen molar-refractivity contribution < 1.29 is 14.4 Å². The van der Waals surface area contributed by atoms with Gasteiger partial charge in [0.2, 0.25) is 16.9 Å². The molecule has 2 aromatic rings. The second-order valence-corrected chi connectivity index (χ2v) is 7.65. The van der Waals surface area contributed by atoms with Crippen LogP contribution in [0.25, 0.3) is 0 Å². The van der Waals surface area contributed by atoms with Crippen LogP contribution in [-0.4, -0.2) is 45.0 Å². The molecule has 140 valence electrons. The van der Waals surface area contributed by atoms with Gasteiger partial charge in [-0.05, 0) is 31.9 Å². The summed E-state index contributed by atoms with van der Waals surface area (Å²) in [6, 6.07) is 7.21. The van der Waals surface area contributed by atoms with Gasteiger partial charge in [-0.15, -0.1) is 10.2 Å². The topological polar surface area (TPSA) is 95.5 Å². The Morgan fingerprint density at radius 2 is 2.15 bits per heavy atom. The van der Waals surface area contributed by atoms with Gasteiger partial charge in [0.1, 0.15) is 11.2 Å². The smallest absolute Gasteiger partial charge is 0.257 e. The van der Waals surface area contributed by atoms with Crippen molar-refractivity contribution in [2.75, 3.05) is 16.8 Å². The van der Waals surface area contributed by atoms with E-state index in [4.69, 9.17) is 0 Å². The molecule has 0 spiro atoms. The molecule has 1 aromatic carbocycles. The number of carbonyl (C=O) groups is 3. The zero-order valence-corrected chi connectivity index (χ0v) is 15.7. The largest absolute Gasteiger partial charge is 0.315 e. The maximum Gasteiger partial charge on any atom is 0.257 e. The summed E-state index contributed by atoms with van der Waals surface area (Å²) in [4.78, 5) is 41.1. The second-order valence-electron chi connectivity index (χ2n) is 6.82. The first-order valence-corrected chi connectivity index (χ1v) is 9.69. The summed E-state index contributed by atoms with van der Waals surface area (Å²) in [5.41, 5.74) is 2.07. The SMILES string of the molecule is CC12CCC(=O)N1c1ccccc1C(=O)N2CCCC(=O)Nc1nncs1. The van der Waals surface area contributed by atoms with Crippen molar-refractivity contribution in [3.63, 3.8) is 0 Å². The van der Waals surface area contributed by atoms with Gasteiger partial charge >= 0.3 is 0 Å². The number of nitrogens with zero attached hydrogens (tertiary/aromatic N) is 4. The molecule has 1 N–H and O–H groups in total. The Labute approximate surface area is 160 Å². The highest BCUT2D eigenvalue weighted by molar-refractivity contribution is 7.13. The summed E-state index contributed by atoms with van der Waals surface area (Å²) in [6.45, 7) is 2.32. The van der Waals surface area contributed by atoms with Crippen LogP contribution < -0.4 is 10.2 Å². The molecule has 4 rings (SSSR count). The molecule has 1 aromatic heterocycles. The average Bonchev–Trinajstić information content (AvgIpc) is 3.26. The van der Waals surface area contributed by atoms with Gasteiger partial charge in [-0.2, -0.15) is 0 Å². The molecule has 0 bridgehead atoms. The predicted molar refractivity (Wildman–Crippen MR) is 100 cm³/mol. The fraction of sp³-hybridized carbons (Fsp3) is 0.389. The first-order valence-electron chi connectivity index (χ1n) is 8.81. The fourth-order valence-electron chi connectivity index (χ4n) is 3.85. The number of hydrogen-bond acceptors (Lipinski definition) is 6. The number of rotatable bonds is 5. The van der Waals surface area contributed by atoms with Crippen molar-refractivity contribution in [2.24, 2.45) is 0 Å². The minimum Gasteiger partial charge on any atom is -0.315 e. The Morgan fingerprint density at radius 3 is 2.93 bits per heavy atom. The van der Waals surface area contributed by atoms with Crippen molar-refractivity contribution in [2.45, 2.75) is 38.3 Å². The Bertz CT molecular complexity index is 900. The molecule has 1 fully saturated rings. The maximum atomic E-state index is 13.1. The number of fused-ring (bicyclic) bond motifs is 3. The number of hydrogen-bond donors (Lipinski definition) is 1. The zero-order valence-electron chi connectivity index (χ0n) is 14.8. The fourth-order valence-corrected chi connectivity index (χ4v) is 4.31. The summed E-state index contributed by atoms with van der Waals surface area (Å²) >= 11 is 1.25. The molecule has 2 aliphatic heterocycles. The van der Waals surface area contributed by atoms with E-state index in [1.807, 2.05) is 19.1 Å². The Morgan fingerprint density at radius 1 is 1.33 bits per heavy atom. The van der Waals surface area contributed by atoms with Gasteiger partial charge in [0.05, 0.1) is 11.3 Å². The number of nitrogens with one attached hydrogen (secondary N) is 1. The molecule has 8 nitrogen and oxygen atoms in total.